The lowest BCUT2D eigenvalue weighted by atomic mass is 10.0. The summed E-state index contributed by atoms with van der Waals surface area (Å²) in [5.74, 6) is -0.421. The molecule has 2 aromatic carbocycles. The number of benzene rings is 2. The van der Waals surface area contributed by atoms with Crippen LogP contribution in [0.5, 0.6) is 0 Å². The van der Waals surface area contributed by atoms with E-state index in [0.717, 1.165) is 17.7 Å². The van der Waals surface area contributed by atoms with Gasteiger partial charge in [0.15, 0.2) is 0 Å². The highest BCUT2D eigenvalue weighted by Gasteiger charge is 2.20. The molecule has 0 radical (unpaired) electrons. The molecule has 0 unspecified atom stereocenters. The van der Waals surface area contributed by atoms with Gasteiger partial charge in [-0.05, 0) is 41.7 Å². The van der Waals surface area contributed by atoms with Crippen molar-refractivity contribution in [2.24, 2.45) is 11.5 Å². The number of carbonyl (C=O) groups excluding carboxylic acids is 2. The lowest BCUT2D eigenvalue weighted by Crippen LogP contribution is -2.22. The second kappa shape index (κ2) is 6.77. The van der Waals surface area contributed by atoms with E-state index in [1.807, 2.05) is 30.3 Å². The first kappa shape index (κ1) is 17.1. The van der Waals surface area contributed by atoms with Crippen LogP contribution in [0.3, 0.4) is 0 Å². The van der Waals surface area contributed by atoms with E-state index in [2.05, 4.69) is 27.8 Å². The number of fused-ring (bicyclic) bond motifs is 1. The SMILES string of the molecule is NC(=O)Nc1[nH]c2cc(-c3cccc(CNC4CC4)c3)ccc2c1C(N)=O. The van der Waals surface area contributed by atoms with E-state index in [1.54, 1.807) is 0 Å². The van der Waals surface area contributed by atoms with Crippen molar-refractivity contribution in [3.63, 3.8) is 0 Å². The molecule has 1 aromatic heterocycles. The maximum absolute atomic E-state index is 11.8. The molecule has 1 fully saturated rings. The van der Waals surface area contributed by atoms with E-state index in [1.165, 1.54) is 18.4 Å². The smallest absolute Gasteiger partial charge is 0.317 e. The van der Waals surface area contributed by atoms with Gasteiger partial charge in [0.25, 0.3) is 5.91 Å². The van der Waals surface area contributed by atoms with Gasteiger partial charge in [-0.25, -0.2) is 4.79 Å². The zero-order valence-electron chi connectivity index (χ0n) is 14.7. The number of anilines is 1. The summed E-state index contributed by atoms with van der Waals surface area (Å²) in [5, 5.41) is 6.57. The van der Waals surface area contributed by atoms with Crippen LogP contribution in [0.2, 0.25) is 0 Å². The number of aromatic nitrogens is 1. The van der Waals surface area contributed by atoms with Gasteiger partial charge in [0.2, 0.25) is 0 Å². The number of amides is 3. The van der Waals surface area contributed by atoms with Crippen molar-refractivity contribution >= 4 is 28.7 Å². The number of hydrogen-bond donors (Lipinski definition) is 5. The Morgan fingerprint density at radius 2 is 1.85 bits per heavy atom. The molecular formula is C20H21N5O2. The summed E-state index contributed by atoms with van der Waals surface area (Å²) >= 11 is 0. The molecule has 138 valence electrons. The monoisotopic (exact) mass is 363 g/mol. The van der Waals surface area contributed by atoms with Crippen LogP contribution in [-0.4, -0.2) is 23.0 Å². The van der Waals surface area contributed by atoms with Gasteiger partial charge in [0.1, 0.15) is 5.82 Å². The van der Waals surface area contributed by atoms with Gasteiger partial charge in [0.05, 0.1) is 5.56 Å². The Hall–Kier alpha value is -3.32. The standard InChI is InChI=1S/C20H21N5O2/c21-18(26)17-15-7-4-13(9-16(15)24-19(17)25-20(22)27)12-3-1-2-11(8-12)10-23-14-5-6-14/h1-4,7-9,14,23-24H,5-6,10H2,(H2,21,26)(H3,22,25,27). The van der Waals surface area contributed by atoms with Crippen molar-refractivity contribution in [1.82, 2.24) is 10.3 Å². The number of primary amides is 2. The number of nitrogens with one attached hydrogen (secondary N) is 3. The van der Waals surface area contributed by atoms with Crippen molar-refractivity contribution in [2.45, 2.75) is 25.4 Å². The second-order valence-electron chi connectivity index (χ2n) is 6.84. The summed E-state index contributed by atoms with van der Waals surface area (Å²) < 4.78 is 0. The number of H-pyrrole nitrogens is 1. The van der Waals surface area contributed by atoms with Crippen LogP contribution in [0.25, 0.3) is 22.0 Å². The van der Waals surface area contributed by atoms with Crippen molar-refractivity contribution in [2.75, 3.05) is 5.32 Å². The van der Waals surface area contributed by atoms with Gasteiger partial charge in [-0.3, -0.25) is 10.1 Å². The number of rotatable bonds is 6. The van der Waals surface area contributed by atoms with Gasteiger partial charge >= 0.3 is 6.03 Å². The molecule has 0 bridgehead atoms. The third-order valence-corrected chi connectivity index (χ3v) is 4.73. The van der Waals surface area contributed by atoms with Gasteiger partial charge in [0, 0.05) is 23.5 Å². The minimum Gasteiger partial charge on any atom is -0.365 e. The normalized spacial score (nSPS) is 13.6. The molecule has 1 aliphatic carbocycles. The summed E-state index contributed by atoms with van der Waals surface area (Å²) in [5.41, 5.74) is 14.9. The van der Waals surface area contributed by atoms with Crippen molar-refractivity contribution in [3.8, 4) is 11.1 Å². The summed E-state index contributed by atoms with van der Waals surface area (Å²) in [6, 6.07) is 13.9. The second-order valence-corrected chi connectivity index (χ2v) is 6.84. The quantitative estimate of drug-likeness (QED) is 0.462. The lowest BCUT2D eigenvalue weighted by Gasteiger charge is -2.07. The molecule has 1 aliphatic rings. The Morgan fingerprint density at radius 1 is 1.07 bits per heavy atom. The van der Waals surface area contributed by atoms with Crippen molar-refractivity contribution in [1.29, 1.82) is 0 Å². The minimum absolute atomic E-state index is 0.213. The highest BCUT2D eigenvalue weighted by molar-refractivity contribution is 6.13. The first-order chi connectivity index (χ1) is 13.0. The lowest BCUT2D eigenvalue weighted by molar-refractivity contribution is 0.100. The molecule has 7 heteroatoms. The molecule has 0 spiro atoms. The van der Waals surface area contributed by atoms with Gasteiger partial charge in [-0.15, -0.1) is 0 Å². The number of urea groups is 1. The highest BCUT2D eigenvalue weighted by atomic mass is 16.2. The molecule has 1 saturated carbocycles. The van der Waals surface area contributed by atoms with E-state index in [9.17, 15) is 9.59 Å². The van der Waals surface area contributed by atoms with E-state index < -0.39 is 11.9 Å². The zero-order chi connectivity index (χ0) is 19.0. The fourth-order valence-electron chi connectivity index (χ4n) is 3.26. The van der Waals surface area contributed by atoms with Gasteiger partial charge in [-0.1, -0.05) is 30.3 Å². The summed E-state index contributed by atoms with van der Waals surface area (Å²) in [6.07, 6.45) is 2.51. The molecule has 1 heterocycles. The molecular weight excluding hydrogens is 342 g/mol. The van der Waals surface area contributed by atoms with Gasteiger partial charge < -0.3 is 21.8 Å². The average molecular weight is 363 g/mol. The molecule has 0 atom stereocenters. The molecule has 27 heavy (non-hydrogen) atoms. The average Bonchev–Trinajstić information content (AvgIpc) is 3.39. The summed E-state index contributed by atoms with van der Waals surface area (Å²) in [6.45, 7) is 0.849. The highest BCUT2D eigenvalue weighted by Crippen LogP contribution is 2.30. The molecule has 0 saturated heterocycles. The van der Waals surface area contributed by atoms with E-state index in [-0.39, 0.29) is 11.4 Å². The number of aromatic amines is 1. The van der Waals surface area contributed by atoms with Crippen LogP contribution in [0.4, 0.5) is 10.6 Å². The molecule has 7 nitrogen and oxygen atoms in total. The molecule has 7 N–H and O–H groups in total. The molecule has 4 rings (SSSR count). The zero-order valence-corrected chi connectivity index (χ0v) is 14.7. The van der Waals surface area contributed by atoms with Crippen molar-refractivity contribution < 1.29 is 9.59 Å². The van der Waals surface area contributed by atoms with Crippen LogP contribution < -0.4 is 22.1 Å². The third kappa shape index (κ3) is 3.63. The largest absolute Gasteiger partial charge is 0.365 e. The fraction of sp³-hybridized carbons (Fsp3) is 0.200. The third-order valence-electron chi connectivity index (χ3n) is 4.73. The predicted octanol–water partition coefficient (Wildman–Crippen LogP) is 2.68. The molecule has 0 aliphatic heterocycles. The first-order valence-corrected chi connectivity index (χ1v) is 8.86. The maximum Gasteiger partial charge on any atom is 0.317 e. The van der Waals surface area contributed by atoms with Crippen LogP contribution in [0, 0.1) is 0 Å². The Labute approximate surface area is 156 Å². The number of hydrogen-bond acceptors (Lipinski definition) is 3. The summed E-state index contributed by atoms with van der Waals surface area (Å²) in [7, 11) is 0. The van der Waals surface area contributed by atoms with Gasteiger partial charge in [-0.2, -0.15) is 0 Å². The Bertz CT molecular complexity index is 1040. The van der Waals surface area contributed by atoms with E-state index in [4.69, 9.17) is 11.5 Å². The Morgan fingerprint density at radius 3 is 2.56 bits per heavy atom. The number of nitrogens with two attached hydrogens (primary N) is 2. The van der Waals surface area contributed by atoms with Crippen LogP contribution >= 0.6 is 0 Å². The van der Waals surface area contributed by atoms with Crippen LogP contribution in [0.1, 0.15) is 28.8 Å². The Kier molecular flexibility index (Phi) is 4.29. The number of carbonyl (C=O) groups is 2. The van der Waals surface area contributed by atoms with Crippen LogP contribution in [-0.2, 0) is 6.54 Å². The predicted molar refractivity (Wildman–Crippen MR) is 105 cm³/mol. The van der Waals surface area contributed by atoms with E-state index >= 15 is 0 Å². The topological polar surface area (TPSA) is 126 Å². The minimum atomic E-state index is -0.764. The molecule has 3 aromatic rings. The van der Waals surface area contributed by atoms with E-state index in [0.29, 0.717) is 16.9 Å². The fourth-order valence-corrected chi connectivity index (χ4v) is 3.26. The Balaban J connectivity index is 1.69. The van der Waals surface area contributed by atoms with Crippen molar-refractivity contribution in [3.05, 3.63) is 53.6 Å². The summed E-state index contributed by atoms with van der Waals surface area (Å²) in [4.78, 5) is 26.0. The molecule has 3 amide bonds. The first-order valence-electron chi connectivity index (χ1n) is 8.86. The van der Waals surface area contributed by atoms with Crippen LogP contribution in [0.15, 0.2) is 42.5 Å². The maximum atomic E-state index is 11.8.